The van der Waals surface area contributed by atoms with Crippen LogP contribution in [0.15, 0.2) is 0 Å². The van der Waals surface area contributed by atoms with E-state index in [-0.39, 0.29) is 5.96 Å². The number of amides is 2. The lowest BCUT2D eigenvalue weighted by Crippen LogP contribution is -2.49. The molecule has 0 fully saturated rings. The molecule has 0 saturated heterocycles. The van der Waals surface area contributed by atoms with E-state index in [9.17, 15) is 14.4 Å². The van der Waals surface area contributed by atoms with Gasteiger partial charge in [-0.3, -0.25) is 15.0 Å². The Kier molecular flexibility index (Phi) is 9.22. The van der Waals surface area contributed by atoms with Crippen molar-refractivity contribution in [3.63, 3.8) is 0 Å². The number of nitrogens with two attached hydrogens (primary N) is 2. The number of aliphatic carboxylic acids is 1. The zero-order valence-corrected chi connectivity index (χ0v) is 12.0. The third-order valence-electron chi connectivity index (χ3n) is 2.58. The van der Waals surface area contributed by atoms with Crippen LogP contribution in [0.4, 0.5) is 0 Å². The second-order valence-corrected chi connectivity index (χ2v) is 4.45. The second-order valence-electron chi connectivity index (χ2n) is 4.45. The fraction of sp³-hybridized carbons (Fsp3) is 0.636. The van der Waals surface area contributed by atoms with Gasteiger partial charge in [0.05, 0.1) is 19.2 Å². The van der Waals surface area contributed by atoms with Crippen LogP contribution in [0.2, 0.25) is 0 Å². The fourth-order valence-electron chi connectivity index (χ4n) is 1.41. The van der Waals surface area contributed by atoms with Gasteiger partial charge in [-0.25, -0.2) is 4.79 Å². The molecule has 0 aromatic carbocycles. The van der Waals surface area contributed by atoms with Gasteiger partial charge in [0.25, 0.3) is 0 Å². The van der Waals surface area contributed by atoms with E-state index in [1.807, 2.05) is 5.32 Å². The highest BCUT2D eigenvalue weighted by Crippen LogP contribution is 1.93. The maximum absolute atomic E-state index is 11.6. The van der Waals surface area contributed by atoms with E-state index >= 15 is 0 Å². The smallest absolute Gasteiger partial charge is 0.328 e. The summed E-state index contributed by atoms with van der Waals surface area (Å²) >= 11 is 0. The van der Waals surface area contributed by atoms with Gasteiger partial charge in [0.15, 0.2) is 5.96 Å². The molecule has 0 rings (SSSR count). The Morgan fingerprint density at radius 2 is 1.86 bits per heavy atom. The topological polar surface area (TPSA) is 204 Å². The van der Waals surface area contributed by atoms with Gasteiger partial charge in [-0.2, -0.15) is 0 Å². The van der Waals surface area contributed by atoms with E-state index in [0.717, 1.165) is 0 Å². The van der Waals surface area contributed by atoms with Crippen molar-refractivity contribution >= 4 is 23.7 Å². The molecular weight excluding hydrogens is 296 g/mol. The number of nitrogens with one attached hydrogen (secondary N) is 4. The van der Waals surface area contributed by atoms with Gasteiger partial charge >= 0.3 is 5.97 Å². The number of carboxylic acids is 1. The van der Waals surface area contributed by atoms with E-state index in [1.165, 1.54) is 0 Å². The van der Waals surface area contributed by atoms with Gasteiger partial charge < -0.3 is 37.6 Å². The Morgan fingerprint density at radius 3 is 2.36 bits per heavy atom. The third kappa shape index (κ3) is 8.71. The van der Waals surface area contributed by atoms with Gasteiger partial charge in [0.1, 0.15) is 6.04 Å². The molecule has 126 valence electrons. The lowest BCUT2D eigenvalue weighted by Gasteiger charge is -2.14. The predicted octanol–water partition coefficient (Wildman–Crippen LogP) is -3.75. The Labute approximate surface area is 126 Å². The number of rotatable bonds is 10. The summed E-state index contributed by atoms with van der Waals surface area (Å²) in [5, 5.41) is 31.2. The van der Waals surface area contributed by atoms with Crippen molar-refractivity contribution in [3.8, 4) is 0 Å². The number of carbonyl (C=O) groups excluding carboxylic acids is 2. The van der Waals surface area contributed by atoms with Crippen molar-refractivity contribution in [3.05, 3.63) is 0 Å². The number of carboxylic acid groups (broad SMARTS) is 1. The fourth-order valence-corrected chi connectivity index (χ4v) is 1.41. The molecule has 0 aliphatic carbocycles. The first-order valence-electron chi connectivity index (χ1n) is 6.52. The van der Waals surface area contributed by atoms with E-state index in [1.54, 1.807) is 0 Å². The SMILES string of the molecule is N=C(N)NCCC[C@H](N)C(=O)NCC(=O)N[C@@H](CO)C(=O)O. The van der Waals surface area contributed by atoms with Crippen molar-refractivity contribution in [2.24, 2.45) is 11.5 Å². The van der Waals surface area contributed by atoms with Crippen LogP contribution >= 0.6 is 0 Å². The monoisotopic (exact) mass is 318 g/mol. The first-order chi connectivity index (χ1) is 10.3. The highest BCUT2D eigenvalue weighted by atomic mass is 16.4. The standard InChI is InChI=1S/C11H22N6O5/c12-6(2-1-3-15-11(13)14)9(20)16-4-8(19)17-7(5-18)10(21)22/h6-7,18H,1-5,12H2,(H,16,20)(H,17,19)(H,21,22)(H4,13,14,15)/t6-,7-/m0/s1. The van der Waals surface area contributed by atoms with Crippen LogP contribution < -0.4 is 27.4 Å². The normalized spacial score (nSPS) is 12.8. The molecule has 0 spiro atoms. The zero-order valence-electron chi connectivity index (χ0n) is 12.0. The number of hydrogen-bond acceptors (Lipinski definition) is 6. The third-order valence-corrected chi connectivity index (χ3v) is 2.58. The van der Waals surface area contributed by atoms with Gasteiger partial charge in [-0.1, -0.05) is 0 Å². The molecule has 0 unspecified atom stereocenters. The Bertz CT molecular complexity index is 416. The maximum Gasteiger partial charge on any atom is 0.328 e. The molecule has 11 heteroatoms. The molecule has 10 N–H and O–H groups in total. The van der Waals surface area contributed by atoms with Crippen LogP contribution in [0, 0.1) is 5.41 Å². The Balaban J connectivity index is 3.98. The molecule has 2 atom stereocenters. The van der Waals surface area contributed by atoms with Gasteiger partial charge in [0.2, 0.25) is 11.8 Å². The van der Waals surface area contributed by atoms with Crippen LogP contribution in [0.5, 0.6) is 0 Å². The minimum atomic E-state index is -1.42. The number of guanidine groups is 1. The quantitative estimate of drug-likeness (QED) is 0.114. The summed E-state index contributed by atoms with van der Waals surface area (Å²) in [7, 11) is 0. The number of aliphatic hydroxyl groups excluding tert-OH is 1. The summed E-state index contributed by atoms with van der Waals surface area (Å²) in [6.07, 6.45) is 0.827. The minimum Gasteiger partial charge on any atom is -0.480 e. The van der Waals surface area contributed by atoms with Gasteiger partial charge in [-0.15, -0.1) is 0 Å². The van der Waals surface area contributed by atoms with Crippen molar-refractivity contribution in [1.29, 1.82) is 5.41 Å². The zero-order chi connectivity index (χ0) is 17.1. The van der Waals surface area contributed by atoms with Crippen molar-refractivity contribution < 1.29 is 24.6 Å². The first kappa shape index (κ1) is 19.6. The minimum absolute atomic E-state index is 0.174. The van der Waals surface area contributed by atoms with E-state index in [2.05, 4.69) is 10.6 Å². The Morgan fingerprint density at radius 1 is 1.23 bits per heavy atom. The molecule has 0 aliphatic rings. The molecule has 0 aromatic heterocycles. The molecular formula is C11H22N6O5. The van der Waals surface area contributed by atoms with Crippen LogP contribution in [-0.2, 0) is 14.4 Å². The summed E-state index contributed by atoms with van der Waals surface area (Å²) in [6, 6.07) is -2.26. The molecule has 0 aromatic rings. The molecule has 0 aliphatic heterocycles. The highest BCUT2D eigenvalue weighted by Gasteiger charge is 2.19. The Hall–Kier alpha value is -2.40. The molecule has 2 amide bonds. The summed E-state index contributed by atoms with van der Waals surface area (Å²) in [6.45, 7) is -0.798. The van der Waals surface area contributed by atoms with Gasteiger partial charge in [0, 0.05) is 6.54 Å². The first-order valence-corrected chi connectivity index (χ1v) is 6.52. The molecule has 0 radical (unpaired) electrons. The molecule has 0 bridgehead atoms. The van der Waals surface area contributed by atoms with Crippen LogP contribution in [-0.4, -0.2) is 65.7 Å². The number of aliphatic hydroxyl groups is 1. The number of hydrogen-bond donors (Lipinski definition) is 8. The lowest BCUT2D eigenvalue weighted by atomic mass is 10.1. The molecule has 22 heavy (non-hydrogen) atoms. The molecule has 11 nitrogen and oxygen atoms in total. The summed E-state index contributed by atoms with van der Waals surface area (Å²) in [5.41, 5.74) is 10.7. The van der Waals surface area contributed by atoms with Gasteiger partial charge in [-0.05, 0) is 12.8 Å². The largest absolute Gasteiger partial charge is 0.480 e. The van der Waals surface area contributed by atoms with E-state index in [4.69, 9.17) is 27.1 Å². The van der Waals surface area contributed by atoms with Crippen molar-refractivity contribution in [2.75, 3.05) is 19.7 Å². The van der Waals surface area contributed by atoms with Crippen LogP contribution in [0.3, 0.4) is 0 Å². The average Bonchev–Trinajstić information content (AvgIpc) is 2.45. The number of carbonyl (C=O) groups is 3. The van der Waals surface area contributed by atoms with Crippen molar-refractivity contribution in [1.82, 2.24) is 16.0 Å². The highest BCUT2D eigenvalue weighted by molar-refractivity contribution is 5.89. The van der Waals surface area contributed by atoms with Crippen LogP contribution in [0.1, 0.15) is 12.8 Å². The summed E-state index contributed by atoms with van der Waals surface area (Å²) in [5.74, 6) is -2.86. The average molecular weight is 318 g/mol. The van der Waals surface area contributed by atoms with Crippen LogP contribution in [0.25, 0.3) is 0 Å². The lowest BCUT2D eigenvalue weighted by molar-refractivity contribution is -0.142. The molecule has 0 heterocycles. The summed E-state index contributed by atoms with van der Waals surface area (Å²) in [4.78, 5) is 33.6. The van der Waals surface area contributed by atoms with E-state index in [0.29, 0.717) is 19.4 Å². The van der Waals surface area contributed by atoms with Crippen molar-refractivity contribution in [2.45, 2.75) is 24.9 Å². The molecule has 0 saturated carbocycles. The van der Waals surface area contributed by atoms with E-state index < -0.39 is 43.0 Å². The predicted molar refractivity (Wildman–Crippen MR) is 76.8 cm³/mol. The second kappa shape index (κ2) is 10.3. The maximum atomic E-state index is 11.6. The summed E-state index contributed by atoms with van der Waals surface area (Å²) < 4.78 is 0.